The number of halogens is 2. The van der Waals surface area contributed by atoms with Gasteiger partial charge in [-0.25, -0.2) is 4.39 Å². The largest absolute Gasteiger partial charge is 0.488 e. The lowest BCUT2D eigenvalue weighted by atomic mass is 10.00. The molecule has 0 fully saturated rings. The molecule has 25 heavy (non-hydrogen) atoms. The van der Waals surface area contributed by atoms with Crippen molar-refractivity contribution < 1.29 is 14.1 Å². The molecule has 0 bridgehead atoms. The number of benzene rings is 3. The Balaban J connectivity index is 1.90. The quantitative estimate of drug-likeness (QED) is 0.404. The minimum atomic E-state index is -0.424. The van der Waals surface area contributed by atoms with Crippen LogP contribution in [0.15, 0.2) is 71.2 Å². The standard InChI is InChI=1S/C19H13BrFNO3/c20-18-9-8-15(21)11-19(18)25-12-14-4-1-2-7-17(14)13-5-3-6-16(10-13)22(23)24/h1-11H,12H2. The Labute approximate surface area is 152 Å². The summed E-state index contributed by atoms with van der Waals surface area (Å²) < 4.78 is 19.7. The first kappa shape index (κ1) is 17.1. The van der Waals surface area contributed by atoms with Gasteiger partial charge in [-0.05, 0) is 44.8 Å². The van der Waals surface area contributed by atoms with Crippen molar-refractivity contribution in [3.05, 3.63) is 92.7 Å². The van der Waals surface area contributed by atoms with E-state index in [1.165, 1.54) is 24.3 Å². The summed E-state index contributed by atoms with van der Waals surface area (Å²) in [5.74, 6) is 0.0130. The summed E-state index contributed by atoms with van der Waals surface area (Å²) in [7, 11) is 0. The summed E-state index contributed by atoms with van der Waals surface area (Å²) in [6.07, 6.45) is 0. The molecule has 6 heteroatoms. The van der Waals surface area contributed by atoms with Gasteiger partial charge in [-0.2, -0.15) is 0 Å². The van der Waals surface area contributed by atoms with E-state index in [-0.39, 0.29) is 18.1 Å². The lowest BCUT2D eigenvalue weighted by Gasteiger charge is -2.12. The highest BCUT2D eigenvalue weighted by atomic mass is 79.9. The molecule has 0 amide bonds. The molecule has 0 spiro atoms. The van der Waals surface area contributed by atoms with Crippen molar-refractivity contribution in [1.82, 2.24) is 0 Å². The highest BCUT2D eigenvalue weighted by Gasteiger charge is 2.11. The number of rotatable bonds is 5. The molecule has 3 rings (SSSR count). The zero-order chi connectivity index (χ0) is 17.8. The fourth-order valence-electron chi connectivity index (χ4n) is 2.46. The van der Waals surface area contributed by atoms with Gasteiger partial charge in [0, 0.05) is 18.2 Å². The van der Waals surface area contributed by atoms with Crippen LogP contribution in [0, 0.1) is 15.9 Å². The van der Waals surface area contributed by atoms with Gasteiger partial charge < -0.3 is 4.74 Å². The molecule has 0 aliphatic heterocycles. The van der Waals surface area contributed by atoms with E-state index in [9.17, 15) is 14.5 Å². The summed E-state index contributed by atoms with van der Waals surface area (Å²) in [5.41, 5.74) is 2.44. The van der Waals surface area contributed by atoms with Gasteiger partial charge >= 0.3 is 0 Å². The van der Waals surface area contributed by atoms with E-state index in [0.29, 0.717) is 10.2 Å². The fraction of sp³-hybridized carbons (Fsp3) is 0.0526. The predicted octanol–water partition coefficient (Wildman–Crippen LogP) is 5.74. The topological polar surface area (TPSA) is 52.4 Å². The first-order valence-electron chi connectivity index (χ1n) is 7.45. The van der Waals surface area contributed by atoms with Crippen LogP contribution in [-0.4, -0.2) is 4.92 Å². The van der Waals surface area contributed by atoms with Crippen LogP contribution >= 0.6 is 15.9 Å². The van der Waals surface area contributed by atoms with Gasteiger partial charge in [-0.3, -0.25) is 10.1 Å². The van der Waals surface area contributed by atoms with Crippen molar-refractivity contribution >= 4 is 21.6 Å². The summed E-state index contributed by atoms with van der Waals surface area (Å²) in [6, 6.07) is 18.1. The molecule has 0 aliphatic rings. The van der Waals surface area contributed by atoms with E-state index in [2.05, 4.69) is 15.9 Å². The Kier molecular flexibility index (Phi) is 5.09. The van der Waals surface area contributed by atoms with Crippen molar-refractivity contribution in [2.24, 2.45) is 0 Å². The second-order valence-electron chi connectivity index (χ2n) is 5.33. The number of nitrogens with zero attached hydrogens (tertiary/aromatic N) is 1. The highest BCUT2D eigenvalue weighted by Crippen LogP contribution is 2.30. The van der Waals surface area contributed by atoms with Gasteiger partial charge in [0.1, 0.15) is 18.2 Å². The zero-order valence-corrected chi connectivity index (χ0v) is 14.6. The molecule has 0 saturated heterocycles. The number of hydrogen-bond donors (Lipinski definition) is 0. The van der Waals surface area contributed by atoms with Gasteiger partial charge in [0.05, 0.1) is 9.40 Å². The van der Waals surface area contributed by atoms with Crippen LogP contribution in [0.4, 0.5) is 10.1 Å². The molecule has 0 saturated carbocycles. The van der Waals surface area contributed by atoms with Crippen LogP contribution < -0.4 is 4.74 Å². The molecule has 0 unspecified atom stereocenters. The normalized spacial score (nSPS) is 10.5. The zero-order valence-electron chi connectivity index (χ0n) is 13.0. The molecule has 3 aromatic carbocycles. The minimum absolute atomic E-state index is 0.0288. The van der Waals surface area contributed by atoms with Crippen LogP contribution in [0.2, 0.25) is 0 Å². The summed E-state index contributed by atoms with van der Waals surface area (Å²) in [6.45, 7) is 0.209. The van der Waals surface area contributed by atoms with E-state index in [4.69, 9.17) is 4.74 Å². The van der Waals surface area contributed by atoms with Crippen molar-refractivity contribution in [1.29, 1.82) is 0 Å². The van der Waals surface area contributed by atoms with E-state index in [1.54, 1.807) is 12.1 Å². The SMILES string of the molecule is O=[N+]([O-])c1cccc(-c2ccccc2COc2cc(F)ccc2Br)c1. The second kappa shape index (κ2) is 7.44. The van der Waals surface area contributed by atoms with Gasteiger partial charge in [0.2, 0.25) is 0 Å². The maximum Gasteiger partial charge on any atom is 0.270 e. The molecule has 0 heterocycles. The van der Waals surface area contributed by atoms with Gasteiger partial charge in [0.25, 0.3) is 5.69 Å². The van der Waals surface area contributed by atoms with E-state index < -0.39 is 4.92 Å². The third-order valence-electron chi connectivity index (χ3n) is 3.66. The summed E-state index contributed by atoms with van der Waals surface area (Å²) in [5, 5.41) is 11.0. The van der Waals surface area contributed by atoms with E-state index in [1.807, 2.05) is 30.3 Å². The van der Waals surface area contributed by atoms with Crippen molar-refractivity contribution in [3.8, 4) is 16.9 Å². The number of hydrogen-bond acceptors (Lipinski definition) is 3. The lowest BCUT2D eigenvalue weighted by molar-refractivity contribution is -0.384. The van der Waals surface area contributed by atoms with Gasteiger partial charge in [-0.15, -0.1) is 0 Å². The molecule has 0 N–H and O–H groups in total. The molecule has 126 valence electrons. The fourth-order valence-corrected chi connectivity index (χ4v) is 2.82. The van der Waals surface area contributed by atoms with Crippen LogP contribution in [0.3, 0.4) is 0 Å². The van der Waals surface area contributed by atoms with E-state index >= 15 is 0 Å². The first-order chi connectivity index (χ1) is 12.0. The number of non-ortho nitro benzene ring substituents is 1. The smallest absolute Gasteiger partial charge is 0.270 e. The predicted molar refractivity (Wildman–Crippen MR) is 97.0 cm³/mol. The third-order valence-corrected chi connectivity index (χ3v) is 4.32. The maximum absolute atomic E-state index is 13.4. The lowest BCUT2D eigenvalue weighted by Crippen LogP contribution is -1.99. The van der Waals surface area contributed by atoms with Gasteiger partial charge in [-0.1, -0.05) is 36.4 Å². The maximum atomic E-state index is 13.4. The Morgan fingerprint density at radius 2 is 1.84 bits per heavy atom. The van der Waals surface area contributed by atoms with Crippen molar-refractivity contribution in [2.45, 2.75) is 6.61 Å². The van der Waals surface area contributed by atoms with Crippen molar-refractivity contribution in [3.63, 3.8) is 0 Å². The Bertz CT molecular complexity index is 930. The van der Waals surface area contributed by atoms with Crippen LogP contribution in [0.5, 0.6) is 5.75 Å². The third kappa shape index (κ3) is 4.03. The number of ether oxygens (including phenoxy) is 1. The Morgan fingerprint density at radius 1 is 1.04 bits per heavy atom. The van der Waals surface area contributed by atoms with Crippen molar-refractivity contribution in [2.75, 3.05) is 0 Å². The molecule has 0 radical (unpaired) electrons. The molecule has 0 aliphatic carbocycles. The molecular formula is C19H13BrFNO3. The number of nitro benzene ring substituents is 1. The molecule has 0 aromatic heterocycles. The van der Waals surface area contributed by atoms with E-state index in [0.717, 1.165) is 16.7 Å². The van der Waals surface area contributed by atoms with Crippen LogP contribution in [-0.2, 0) is 6.61 Å². The minimum Gasteiger partial charge on any atom is -0.488 e. The van der Waals surface area contributed by atoms with Crippen LogP contribution in [0.25, 0.3) is 11.1 Å². The summed E-state index contributed by atoms with van der Waals surface area (Å²) in [4.78, 5) is 10.6. The first-order valence-corrected chi connectivity index (χ1v) is 8.24. The second-order valence-corrected chi connectivity index (χ2v) is 6.18. The van der Waals surface area contributed by atoms with Crippen LogP contribution in [0.1, 0.15) is 5.56 Å². The molecular weight excluding hydrogens is 389 g/mol. The average Bonchev–Trinajstić information content (AvgIpc) is 2.63. The Hall–Kier alpha value is -2.73. The van der Waals surface area contributed by atoms with Gasteiger partial charge in [0.15, 0.2) is 0 Å². The average molecular weight is 402 g/mol. The number of nitro groups is 1. The summed E-state index contributed by atoms with van der Waals surface area (Å²) >= 11 is 3.33. The highest BCUT2D eigenvalue weighted by molar-refractivity contribution is 9.10. The Morgan fingerprint density at radius 3 is 2.64 bits per heavy atom. The molecule has 4 nitrogen and oxygen atoms in total. The molecule has 3 aromatic rings. The monoisotopic (exact) mass is 401 g/mol. The molecule has 0 atom stereocenters.